The minimum absolute atomic E-state index is 0. The first kappa shape index (κ1) is 55.1. The maximum absolute atomic E-state index is 12.8. The van der Waals surface area contributed by atoms with Crippen molar-refractivity contribution >= 4 is 11.9 Å². The van der Waals surface area contributed by atoms with Gasteiger partial charge in [0.15, 0.2) is 46.0 Å². The first-order chi connectivity index (χ1) is 31.9. The Morgan fingerprint density at radius 2 is 0.809 bits per heavy atom. The van der Waals surface area contributed by atoms with Crippen molar-refractivity contribution in [1.29, 1.82) is 0 Å². The highest BCUT2D eigenvalue weighted by Gasteiger charge is 2.41. The molecule has 1 unspecified atom stereocenters. The molecule has 0 spiro atoms. The molecule has 4 aromatic carbocycles. The monoisotopic (exact) mass is 982 g/mol. The van der Waals surface area contributed by atoms with Gasteiger partial charge in [-0.2, -0.15) is 0 Å². The van der Waals surface area contributed by atoms with E-state index in [9.17, 15) is 9.59 Å². The fraction of sp³-hybridized carbons (Fsp3) is 0.462. The van der Waals surface area contributed by atoms with Gasteiger partial charge in [-0.25, -0.2) is 9.59 Å². The molecule has 2 heterocycles. The molecular formula is C52H68Cl2N2O12. The lowest BCUT2D eigenvalue weighted by molar-refractivity contribution is -0.941. The molecular weight excluding hydrogens is 915 g/mol. The summed E-state index contributed by atoms with van der Waals surface area (Å²) < 4.78 is 57.7. The van der Waals surface area contributed by atoms with Crippen molar-refractivity contribution in [3.8, 4) is 46.0 Å². The quantitative estimate of drug-likeness (QED) is 0.0491. The first-order valence-corrected chi connectivity index (χ1v) is 22.5. The molecule has 6 rings (SSSR count). The molecule has 0 radical (unpaired) electrons. The van der Waals surface area contributed by atoms with Gasteiger partial charge in [0, 0.05) is 61.8 Å². The lowest BCUT2D eigenvalue weighted by Crippen LogP contribution is -3.00. The predicted octanol–water partition coefficient (Wildman–Crippen LogP) is 1.46. The first-order valence-electron chi connectivity index (χ1n) is 22.5. The Bertz CT molecular complexity index is 2200. The molecule has 4 atom stereocenters. The van der Waals surface area contributed by atoms with E-state index in [0.717, 1.165) is 84.1 Å². The molecule has 372 valence electrons. The number of rotatable bonds is 22. The van der Waals surface area contributed by atoms with E-state index in [2.05, 4.69) is 50.5 Å². The van der Waals surface area contributed by atoms with E-state index < -0.39 is 11.9 Å². The SMILES string of the molecule is COc1ccc(C[C@H]2c3cc(OC)c(OC)cc3CC[N+]2(C)CCCOC(=O)/C=C/C(=O)OCCC[N@+]2(C)CCc3cc(OC)c(OC)cc3[C@@H]2Cc2ccc(OC)c(OC)c2)cc1OC.[Cl-].[Cl-]. The number of carbonyl (C=O) groups is 2. The van der Waals surface area contributed by atoms with Crippen LogP contribution in [0.15, 0.2) is 72.8 Å². The second-order valence-electron chi connectivity index (χ2n) is 17.4. The summed E-state index contributed by atoms with van der Waals surface area (Å²) in [7, 11) is 17.7. The molecule has 2 aliphatic rings. The number of likely N-dealkylation sites (N-methyl/N-ethyl adjacent to an activating group) is 2. The van der Waals surface area contributed by atoms with Crippen molar-refractivity contribution in [2.75, 3.05) is 110 Å². The molecule has 4 aromatic rings. The van der Waals surface area contributed by atoms with Crippen LogP contribution in [0.2, 0.25) is 0 Å². The topological polar surface area (TPSA) is 126 Å². The average molecular weight is 984 g/mol. The van der Waals surface area contributed by atoms with Crippen LogP contribution in [0.5, 0.6) is 46.0 Å². The number of ether oxygens (including phenoxy) is 10. The van der Waals surface area contributed by atoms with Crippen LogP contribution >= 0.6 is 0 Å². The van der Waals surface area contributed by atoms with Gasteiger partial charge in [0.05, 0.1) is 110 Å². The van der Waals surface area contributed by atoms with Gasteiger partial charge in [0.1, 0.15) is 12.1 Å². The second-order valence-corrected chi connectivity index (χ2v) is 17.4. The summed E-state index contributed by atoms with van der Waals surface area (Å²) in [5.74, 6) is 4.31. The lowest BCUT2D eigenvalue weighted by Gasteiger charge is -2.46. The van der Waals surface area contributed by atoms with Crippen LogP contribution in [0.25, 0.3) is 0 Å². The van der Waals surface area contributed by atoms with Crippen molar-refractivity contribution in [1.82, 2.24) is 0 Å². The van der Waals surface area contributed by atoms with Crippen LogP contribution in [0, 0.1) is 0 Å². The zero-order chi connectivity index (χ0) is 47.4. The molecule has 0 saturated heterocycles. The van der Waals surface area contributed by atoms with Gasteiger partial charge in [-0.05, 0) is 70.8 Å². The van der Waals surface area contributed by atoms with Gasteiger partial charge in [0.2, 0.25) is 0 Å². The van der Waals surface area contributed by atoms with E-state index in [-0.39, 0.29) is 50.1 Å². The van der Waals surface area contributed by atoms with Crippen LogP contribution in [0.1, 0.15) is 58.3 Å². The summed E-state index contributed by atoms with van der Waals surface area (Å²) in [5, 5.41) is 0. The number of halogens is 2. The lowest BCUT2D eigenvalue weighted by atomic mass is 9.86. The Balaban J connectivity index is 0.00000504. The normalized spacial score (nSPS) is 19.2. The Labute approximate surface area is 414 Å². The van der Waals surface area contributed by atoms with Crippen LogP contribution in [-0.2, 0) is 44.7 Å². The standard InChI is InChI=1S/C52H68N2O12.2ClH/c1-53(23-19-37-31-47(61-7)49(63-9)33-39(37)41(53)27-35-13-15-43(57-3)45(29-35)59-5)21-11-25-65-51(55)17-18-52(56)66-26-12-22-54(2)24-20-38-32-48(62-8)50(64-10)34-40(38)42(54)28-36-14-16-44(58-4)46(30-36)60-6;;/h13-18,29-34,41-42H,11-12,19-28H2,1-10H3;2*1H/q+2;;/p-2/b18-17+;;/t41-,42-,53+,54?;;/m0../s1. The van der Waals surface area contributed by atoms with Gasteiger partial charge in [-0.3, -0.25) is 0 Å². The summed E-state index contributed by atoms with van der Waals surface area (Å²) in [4.78, 5) is 25.6. The Morgan fingerprint density at radius 3 is 1.15 bits per heavy atom. The second kappa shape index (κ2) is 25.2. The molecule has 0 aliphatic carbocycles. The fourth-order valence-electron chi connectivity index (χ4n) is 9.75. The third kappa shape index (κ3) is 12.8. The molecule has 0 saturated carbocycles. The van der Waals surface area contributed by atoms with Crippen LogP contribution in [-0.4, -0.2) is 131 Å². The summed E-state index contributed by atoms with van der Waals surface area (Å²) in [6.45, 7) is 3.69. The Kier molecular flexibility index (Phi) is 20.4. The Morgan fingerprint density at radius 1 is 0.485 bits per heavy atom. The number of fused-ring (bicyclic) bond motifs is 2. The fourth-order valence-corrected chi connectivity index (χ4v) is 9.75. The van der Waals surface area contributed by atoms with E-state index in [1.165, 1.54) is 22.3 Å². The van der Waals surface area contributed by atoms with Crippen molar-refractivity contribution in [2.45, 2.75) is 50.6 Å². The molecule has 14 nitrogen and oxygen atoms in total. The number of carbonyl (C=O) groups excluding carboxylic acids is 2. The zero-order valence-electron chi connectivity index (χ0n) is 41.1. The Hall–Kier alpha value is -5.54. The average Bonchev–Trinajstić information content (AvgIpc) is 3.34. The highest BCUT2D eigenvalue weighted by atomic mass is 35.5. The van der Waals surface area contributed by atoms with E-state index in [1.807, 2.05) is 24.3 Å². The zero-order valence-corrected chi connectivity index (χ0v) is 42.6. The van der Waals surface area contributed by atoms with Crippen LogP contribution in [0.4, 0.5) is 0 Å². The van der Waals surface area contributed by atoms with Gasteiger partial charge < -0.3 is 81.1 Å². The molecule has 0 N–H and O–H groups in total. The number of hydrogen-bond acceptors (Lipinski definition) is 12. The molecule has 0 bridgehead atoms. The highest BCUT2D eigenvalue weighted by molar-refractivity contribution is 5.91. The van der Waals surface area contributed by atoms with E-state index in [1.54, 1.807) is 56.9 Å². The third-order valence-electron chi connectivity index (χ3n) is 13.5. The molecule has 0 fully saturated rings. The molecule has 2 aliphatic heterocycles. The summed E-state index contributed by atoms with van der Waals surface area (Å²) >= 11 is 0. The van der Waals surface area contributed by atoms with Gasteiger partial charge in [0.25, 0.3) is 0 Å². The number of benzene rings is 4. The molecule has 16 heteroatoms. The van der Waals surface area contributed by atoms with E-state index in [0.29, 0.717) is 58.8 Å². The van der Waals surface area contributed by atoms with E-state index >= 15 is 0 Å². The molecule has 0 aromatic heterocycles. The summed E-state index contributed by atoms with van der Waals surface area (Å²) in [6, 6.07) is 20.6. The number of nitrogens with zero attached hydrogens (tertiary/aromatic N) is 2. The summed E-state index contributed by atoms with van der Waals surface area (Å²) in [6.07, 6.45) is 6.73. The van der Waals surface area contributed by atoms with Crippen molar-refractivity contribution in [3.63, 3.8) is 0 Å². The minimum Gasteiger partial charge on any atom is -1.00 e. The van der Waals surface area contributed by atoms with E-state index in [4.69, 9.17) is 47.4 Å². The van der Waals surface area contributed by atoms with Crippen molar-refractivity contribution < 1.29 is 90.7 Å². The van der Waals surface area contributed by atoms with Gasteiger partial charge in [-0.1, -0.05) is 12.1 Å². The maximum Gasteiger partial charge on any atom is 0.331 e. The number of hydrogen-bond donors (Lipinski definition) is 0. The smallest absolute Gasteiger partial charge is 0.331 e. The molecule has 0 amide bonds. The highest BCUT2D eigenvalue weighted by Crippen LogP contribution is 2.45. The molecule has 68 heavy (non-hydrogen) atoms. The van der Waals surface area contributed by atoms with Gasteiger partial charge in [-0.15, -0.1) is 0 Å². The van der Waals surface area contributed by atoms with Crippen LogP contribution < -0.4 is 62.7 Å². The predicted molar refractivity (Wildman–Crippen MR) is 251 cm³/mol. The third-order valence-corrected chi connectivity index (χ3v) is 13.5. The van der Waals surface area contributed by atoms with Crippen molar-refractivity contribution in [2.24, 2.45) is 0 Å². The largest absolute Gasteiger partial charge is 1.00 e. The van der Waals surface area contributed by atoms with Crippen molar-refractivity contribution in [3.05, 3.63) is 106 Å². The maximum atomic E-state index is 12.8. The van der Waals surface area contributed by atoms with Gasteiger partial charge >= 0.3 is 11.9 Å². The number of quaternary nitrogens is 2. The van der Waals surface area contributed by atoms with Crippen LogP contribution in [0.3, 0.4) is 0 Å². The summed E-state index contributed by atoms with van der Waals surface area (Å²) in [5.41, 5.74) is 7.06. The number of esters is 2. The number of methoxy groups -OCH3 is 8. The minimum atomic E-state index is -0.590.